The zero-order valence-electron chi connectivity index (χ0n) is 12.7. The molecule has 0 atom stereocenters. The highest BCUT2D eigenvalue weighted by atomic mass is 32.1. The highest BCUT2D eigenvalue weighted by molar-refractivity contribution is 7.17. The van der Waals surface area contributed by atoms with Gasteiger partial charge in [0.05, 0.1) is 27.0 Å². The minimum absolute atomic E-state index is 0.367. The molecule has 3 N–H and O–H groups in total. The lowest BCUT2D eigenvalue weighted by molar-refractivity contribution is 0.0957. The fraction of sp³-hybridized carbons (Fsp3) is 0.286. The summed E-state index contributed by atoms with van der Waals surface area (Å²) in [7, 11) is 4.63. The van der Waals surface area contributed by atoms with E-state index in [1.54, 1.807) is 33.3 Å². The van der Waals surface area contributed by atoms with Crippen molar-refractivity contribution in [3.8, 4) is 27.8 Å². The zero-order chi connectivity index (χ0) is 16.3. The van der Waals surface area contributed by atoms with Gasteiger partial charge in [-0.1, -0.05) is 0 Å². The van der Waals surface area contributed by atoms with Crippen molar-refractivity contribution in [1.82, 2.24) is 10.4 Å². The second kappa shape index (κ2) is 6.63. The Bertz CT molecular complexity index is 674. The first-order chi connectivity index (χ1) is 10.5. The van der Waals surface area contributed by atoms with Crippen LogP contribution in [0, 0.1) is 6.92 Å². The van der Waals surface area contributed by atoms with E-state index >= 15 is 0 Å². The second-order valence-corrected chi connectivity index (χ2v) is 5.32. The average Bonchev–Trinajstić information content (AvgIpc) is 2.94. The fourth-order valence-electron chi connectivity index (χ4n) is 2.00. The van der Waals surface area contributed by atoms with E-state index in [0.29, 0.717) is 32.8 Å². The Kier molecular flexibility index (Phi) is 4.84. The number of amides is 1. The molecule has 0 saturated heterocycles. The van der Waals surface area contributed by atoms with Gasteiger partial charge in [-0.3, -0.25) is 10.2 Å². The maximum absolute atomic E-state index is 11.7. The maximum atomic E-state index is 11.7. The van der Waals surface area contributed by atoms with E-state index in [1.165, 1.54) is 18.4 Å². The van der Waals surface area contributed by atoms with Crippen molar-refractivity contribution in [2.24, 2.45) is 5.84 Å². The van der Waals surface area contributed by atoms with Crippen molar-refractivity contribution < 1.29 is 19.0 Å². The van der Waals surface area contributed by atoms with Crippen molar-refractivity contribution in [1.29, 1.82) is 0 Å². The number of carbonyl (C=O) groups is 1. The first-order valence-electron chi connectivity index (χ1n) is 6.34. The normalized spacial score (nSPS) is 10.2. The Labute approximate surface area is 132 Å². The summed E-state index contributed by atoms with van der Waals surface area (Å²) in [6, 6.07) is 3.56. The molecule has 8 heteroatoms. The summed E-state index contributed by atoms with van der Waals surface area (Å²) >= 11 is 1.24. The van der Waals surface area contributed by atoms with Crippen LogP contribution >= 0.6 is 11.3 Å². The third kappa shape index (κ3) is 2.83. The van der Waals surface area contributed by atoms with E-state index in [2.05, 4.69) is 10.4 Å². The molecule has 0 radical (unpaired) electrons. The molecular formula is C14H17N3O4S. The maximum Gasteiger partial charge on any atom is 0.277 e. The molecule has 0 saturated carbocycles. The molecule has 0 unspecified atom stereocenters. The molecule has 0 spiro atoms. The number of nitrogens with zero attached hydrogens (tertiary/aromatic N) is 1. The third-order valence-electron chi connectivity index (χ3n) is 3.05. The van der Waals surface area contributed by atoms with Crippen LogP contribution in [0.4, 0.5) is 0 Å². The van der Waals surface area contributed by atoms with Gasteiger partial charge >= 0.3 is 0 Å². The second-order valence-electron chi connectivity index (χ2n) is 4.32. The van der Waals surface area contributed by atoms with E-state index in [-0.39, 0.29) is 5.91 Å². The quantitative estimate of drug-likeness (QED) is 0.494. The Hall–Kier alpha value is -2.32. The minimum Gasteiger partial charge on any atom is -0.493 e. The Balaban J connectivity index is 2.55. The lowest BCUT2D eigenvalue weighted by atomic mass is 10.2. The van der Waals surface area contributed by atoms with Crippen LogP contribution in [-0.2, 0) is 0 Å². The van der Waals surface area contributed by atoms with Gasteiger partial charge in [0.2, 0.25) is 5.75 Å². The van der Waals surface area contributed by atoms with Gasteiger partial charge in [0, 0.05) is 5.56 Å². The molecule has 1 amide bonds. The zero-order valence-corrected chi connectivity index (χ0v) is 13.5. The van der Waals surface area contributed by atoms with Crippen molar-refractivity contribution in [2.75, 3.05) is 21.3 Å². The molecule has 118 valence electrons. The molecular weight excluding hydrogens is 306 g/mol. The number of hydrogen-bond donors (Lipinski definition) is 2. The van der Waals surface area contributed by atoms with Crippen LogP contribution in [0.15, 0.2) is 12.1 Å². The van der Waals surface area contributed by atoms with E-state index in [0.717, 1.165) is 5.56 Å². The summed E-state index contributed by atoms with van der Waals surface area (Å²) in [5.74, 6) is 6.35. The molecule has 0 aliphatic heterocycles. The van der Waals surface area contributed by atoms with Gasteiger partial charge in [-0.05, 0) is 19.1 Å². The Morgan fingerprint density at radius 3 is 2.23 bits per heavy atom. The number of nitrogen functional groups attached to an aromatic ring is 1. The Morgan fingerprint density at radius 1 is 1.18 bits per heavy atom. The van der Waals surface area contributed by atoms with E-state index in [9.17, 15) is 4.79 Å². The minimum atomic E-state index is -0.367. The summed E-state index contributed by atoms with van der Waals surface area (Å²) in [4.78, 5) is 16.6. The predicted octanol–water partition coefficient (Wildman–Crippen LogP) is 1.75. The van der Waals surface area contributed by atoms with E-state index < -0.39 is 0 Å². The standard InChI is InChI=1S/C14H17N3O4S/c1-7-12(13(18)17-15)22-14(16-7)8-5-9(19-2)11(21-4)10(6-8)20-3/h5-6H,15H2,1-4H3,(H,17,18). The smallest absolute Gasteiger partial charge is 0.277 e. The summed E-state index contributed by atoms with van der Waals surface area (Å²) in [5.41, 5.74) is 3.48. The van der Waals surface area contributed by atoms with Crippen LogP contribution in [0.3, 0.4) is 0 Å². The van der Waals surface area contributed by atoms with Crippen LogP contribution in [0.1, 0.15) is 15.4 Å². The molecule has 2 aromatic rings. The molecule has 0 fully saturated rings. The molecule has 7 nitrogen and oxygen atoms in total. The first-order valence-corrected chi connectivity index (χ1v) is 7.16. The molecule has 1 aromatic carbocycles. The number of hydrazine groups is 1. The molecule has 2 rings (SSSR count). The number of hydrogen-bond acceptors (Lipinski definition) is 7. The third-order valence-corrected chi connectivity index (χ3v) is 4.25. The molecule has 0 bridgehead atoms. The van der Waals surface area contributed by atoms with Crippen LogP contribution < -0.4 is 25.5 Å². The van der Waals surface area contributed by atoms with Crippen LogP contribution in [0.5, 0.6) is 17.2 Å². The number of aryl methyl sites for hydroxylation is 1. The SMILES string of the molecule is COc1cc(-c2nc(C)c(C(=O)NN)s2)cc(OC)c1OC. The number of nitrogens with two attached hydrogens (primary N) is 1. The van der Waals surface area contributed by atoms with Crippen molar-refractivity contribution in [3.05, 3.63) is 22.7 Å². The van der Waals surface area contributed by atoms with Gasteiger partial charge in [0.25, 0.3) is 5.91 Å². The summed E-state index contributed by atoms with van der Waals surface area (Å²) in [6.07, 6.45) is 0. The largest absolute Gasteiger partial charge is 0.493 e. The number of carbonyl (C=O) groups excluding carboxylic acids is 1. The van der Waals surface area contributed by atoms with Gasteiger partial charge in [-0.15, -0.1) is 11.3 Å². The molecule has 1 aromatic heterocycles. The topological polar surface area (TPSA) is 95.7 Å². The number of nitrogens with one attached hydrogen (secondary N) is 1. The number of thiazole rings is 1. The molecule has 0 aliphatic rings. The van der Waals surface area contributed by atoms with Crippen molar-refractivity contribution in [2.45, 2.75) is 6.92 Å². The Morgan fingerprint density at radius 2 is 1.77 bits per heavy atom. The average molecular weight is 323 g/mol. The van der Waals surface area contributed by atoms with Crippen LogP contribution in [-0.4, -0.2) is 32.2 Å². The van der Waals surface area contributed by atoms with Crippen LogP contribution in [0.25, 0.3) is 10.6 Å². The monoisotopic (exact) mass is 323 g/mol. The fourth-order valence-corrected chi connectivity index (χ4v) is 2.96. The van der Waals surface area contributed by atoms with Gasteiger partial charge in [0.1, 0.15) is 9.88 Å². The number of benzene rings is 1. The predicted molar refractivity (Wildman–Crippen MR) is 83.6 cm³/mol. The van der Waals surface area contributed by atoms with E-state index in [1.807, 2.05) is 0 Å². The lowest BCUT2D eigenvalue weighted by Gasteiger charge is -2.13. The van der Waals surface area contributed by atoms with Gasteiger partial charge in [0.15, 0.2) is 11.5 Å². The molecule has 22 heavy (non-hydrogen) atoms. The number of ether oxygens (including phenoxy) is 3. The molecule has 0 aliphatic carbocycles. The highest BCUT2D eigenvalue weighted by Crippen LogP contribution is 2.42. The van der Waals surface area contributed by atoms with Gasteiger partial charge < -0.3 is 14.2 Å². The summed E-state index contributed by atoms with van der Waals surface area (Å²) < 4.78 is 15.9. The van der Waals surface area contributed by atoms with Gasteiger partial charge in [-0.2, -0.15) is 0 Å². The van der Waals surface area contributed by atoms with E-state index in [4.69, 9.17) is 20.1 Å². The summed E-state index contributed by atoms with van der Waals surface area (Å²) in [5, 5.41) is 0.662. The number of aromatic nitrogens is 1. The molecule has 1 heterocycles. The van der Waals surface area contributed by atoms with Gasteiger partial charge in [-0.25, -0.2) is 10.8 Å². The van der Waals surface area contributed by atoms with Crippen molar-refractivity contribution >= 4 is 17.2 Å². The van der Waals surface area contributed by atoms with Crippen molar-refractivity contribution in [3.63, 3.8) is 0 Å². The number of rotatable bonds is 5. The summed E-state index contributed by atoms with van der Waals surface area (Å²) in [6.45, 7) is 1.75. The number of methoxy groups -OCH3 is 3. The van der Waals surface area contributed by atoms with Crippen LogP contribution in [0.2, 0.25) is 0 Å². The lowest BCUT2D eigenvalue weighted by Crippen LogP contribution is -2.29. The highest BCUT2D eigenvalue weighted by Gasteiger charge is 2.19. The first kappa shape index (κ1) is 16.1.